The molecule has 2 rings (SSSR count). The number of hydrogen-bond donors (Lipinski definition) is 3. The molecule has 0 amide bonds. The molecule has 4 nitrogen and oxygen atoms in total. The van der Waals surface area contributed by atoms with Gasteiger partial charge in [0.2, 0.25) is 5.96 Å². The van der Waals surface area contributed by atoms with Crippen molar-refractivity contribution in [2.24, 2.45) is 10.8 Å². The monoisotopic (exact) mass is 460 g/mol. The van der Waals surface area contributed by atoms with E-state index < -0.39 is 0 Å². The van der Waals surface area contributed by atoms with Crippen LogP contribution < -0.4 is 16.6 Å². The van der Waals surface area contributed by atoms with Crippen LogP contribution in [0.25, 0.3) is 0 Å². The number of guanidine groups is 1. The van der Waals surface area contributed by atoms with Gasteiger partial charge in [0.05, 0.1) is 5.69 Å². The van der Waals surface area contributed by atoms with Gasteiger partial charge < -0.3 is 5.32 Å². The van der Waals surface area contributed by atoms with Gasteiger partial charge in [0, 0.05) is 19.1 Å². The lowest BCUT2D eigenvalue weighted by Gasteiger charge is -2.10. The second-order valence-corrected chi connectivity index (χ2v) is 6.44. The fraction of sp³-hybridized carbons (Fsp3) is 0. The third-order valence-corrected chi connectivity index (χ3v) is 4.05. The maximum absolute atomic E-state index is 5.52. The SMILES string of the molecule is NNC(=Nc1c(Br)cc(Br)cc1Br)Nc1ccccc1. The van der Waals surface area contributed by atoms with E-state index in [0.717, 1.165) is 24.8 Å². The summed E-state index contributed by atoms with van der Waals surface area (Å²) in [6, 6.07) is 13.5. The van der Waals surface area contributed by atoms with Gasteiger partial charge in [-0.05, 0) is 56.1 Å². The molecular formula is C13H11Br3N4. The van der Waals surface area contributed by atoms with E-state index in [0.29, 0.717) is 5.96 Å². The van der Waals surface area contributed by atoms with Crippen LogP contribution in [0.3, 0.4) is 0 Å². The van der Waals surface area contributed by atoms with Crippen LogP contribution in [0.4, 0.5) is 11.4 Å². The Hall–Kier alpha value is -0.890. The van der Waals surface area contributed by atoms with Crippen molar-refractivity contribution < 1.29 is 0 Å². The predicted octanol–water partition coefficient (Wildman–Crippen LogP) is 4.54. The minimum atomic E-state index is 0.444. The molecule has 20 heavy (non-hydrogen) atoms. The van der Waals surface area contributed by atoms with Gasteiger partial charge in [-0.3, -0.25) is 5.43 Å². The molecule has 104 valence electrons. The lowest BCUT2D eigenvalue weighted by molar-refractivity contribution is 1.02. The molecule has 0 aliphatic carbocycles. The number of hydrazine groups is 1. The van der Waals surface area contributed by atoms with Crippen LogP contribution in [0.5, 0.6) is 0 Å². The minimum absolute atomic E-state index is 0.444. The number of nitrogens with two attached hydrogens (primary N) is 1. The highest BCUT2D eigenvalue weighted by molar-refractivity contribution is 9.11. The van der Waals surface area contributed by atoms with E-state index in [1.807, 2.05) is 42.5 Å². The van der Waals surface area contributed by atoms with Crippen LogP contribution in [0.2, 0.25) is 0 Å². The van der Waals surface area contributed by atoms with Crippen LogP contribution in [-0.4, -0.2) is 5.96 Å². The third-order valence-electron chi connectivity index (χ3n) is 2.38. The summed E-state index contributed by atoms with van der Waals surface area (Å²) in [5.74, 6) is 5.96. The Morgan fingerprint density at radius 2 is 1.60 bits per heavy atom. The van der Waals surface area contributed by atoms with Crippen molar-refractivity contribution in [3.05, 3.63) is 55.9 Å². The highest BCUT2D eigenvalue weighted by Crippen LogP contribution is 2.36. The van der Waals surface area contributed by atoms with Crippen LogP contribution in [0.15, 0.2) is 60.9 Å². The molecular weight excluding hydrogens is 452 g/mol. The van der Waals surface area contributed by atoms with Gasteiger partial charge in [0.25, 0.3) is 0 Å². The standard InChI is InChI=1S/C13H11Br3N4/c14-8-6-10(15)12(11(16)7-8)19-13(20-17)18-9-4-2-1-3-5-9/h1-7H,17H2,(H2,18,19,20). The van der Waals surface area contributed by atoms with Crippen molar-refractivity contribution in [2.45, 2.75) is 0 Å². The van der Waals surface area contributed by atoms with Crippen molar-refractivity contribution in [1.82, 2.24) is 5.43 Å². The third kappa shape index (κ3) is 4.05. The number of rotatable bonds is 2. The molecule has 0 unspecified atom stereocenters. The van der Waals surface area contributed by atoms with Crippen molar-refractivity contribution in [1.29, 1.82) is 0 Å². The van der Waals surface area contributed by atoms with Gasteiger partial charge in [0.15, 0.2) is 0 Å². The molecule has 0 radical (unpaired) electrons. The van der Waals surface area contributed by atoms with Gasteiger partial charge >= 0.3 is 0 Å². The summed E-state index contributed by atoms with van der Waals surface area (Å²) < 4.78 is 2.65. The maximum Gasteiger partial charge on any atom is 0.215 e. The molecule has 0 fully saturated rings. The van der Waals surface area contributed by atoms with E-state index in [-0.39, 0.29) is 0 Å². The molecule has 0 aliphatic heterocycles. The Labute approximate surface area is 142 Å². The highest BCUT2D eigenvalue weighted by atomic mass is 79.9. The zero-order valence-corrected chi connectivity index (χ0v) is 15.0. The zero-order valence-electron chi connectivity index (χ0n) is 10.2. The lowest BCUT2D eigenvalue weighted by atomic mass is 10.3. The number of aliphatic imine (C=N–C) groups is 1. The minimum Gasteiger partial charge on any atom is -0.325 e. The van der Waals surface area contributed by atoms with Gasteiger partial charge in [-0.25, -0.2) is 10.8 Å². The molecule has 0 bridgehead atoms. The van der Waals surface area contributed by atoms with Gasteiger partial charge in [-0.15, -0.1) is 0 Å². The van der Waals surface area contributed by atoms with Crippen LogP contribution in [0, 0.1) is 0 Å². The molecule has 4 N–H and O–H groups in total. The molecule has 0 atom stereocenters. The molecule has 0 aliphatic rings. The Bertz CT molecular complexity index is 606. The summed E-state index contributed by atoms with van der Waals surface area (Å²) in [6.45, 7) is 0. The van der Waals surface area contributed by atoms with E-state index in [2.05, 4.69) is 63.5 Å². The maximum atomic E-state index is 5.52. The first kappa shape index (κ1) is 15.5. The molecule has 0 spiro atoms. The van der Waals surface area contributed by atoms with Gasteiger partial charge in [-0.1, -0.05) is 34.1 Å². The topological polar surface area (TPSA) is 62.4 Å². The smallest absolute Gasteiger partial charge is 0.215 e. The summed E-state index contributed by atoms with van der Waals surface area (Å²) in [5.41, 5.74) is 4.19. The number of nitrogens with zero attached hydrogens (tertiary/aromatic N) is 1. The predicted molar refractivity (Wildman–Crippen MR) is 94.0 cm³/mol. The highest BCUT2D eigenvalue weighted by Gasteiger charge is 2.07. The first-order chi connectivity index (χ1) is 9.60. The Morgan fingerprint density at radius 1 is 1.00 bits per heavy atom. The van der Waals surface area contributed by atoms with Crippen LogP contribution in [0.1, 0.15) is 0 Å². The van der Waals surface area contributed by atoms with E-state index in [4.69, 9.17) is 5.84 Å². The molecule has 0 aromatic heterocycles. The normalized spacial score (nSPS) is 11.3. The Balaban J connectivity index is 2.32. The van der Waals surface area contributed by atoms with Crippen molar-refractivity contribution in [3.63, 3.8) is 0 Å². The van der Waals surface area contributed by atoms with E-state index in [9.17, 15) is 0 Å². The number of hydrogen-bond acceptors (Lipinski definition) is 2. The van der Waals surface area contributed by atoms with Crippen molar-refractivity contribution >= 4 is 65.1 Å². The zero-order chi connectivity index (χ0) is 14.5. The Kier molecular flexibility index (Phi) is 5.59. The molecule has 2 aromatic carbocycles. The van der Waals surface area contributed by atoms with Crippen LogP contribution in [-0.2, 0) is 0 Å². The number of benzene rings is 2. The molecule has 2 aromatic rings. The quantitative estimate of drug-likeness (QED) is 0.266. The molecule has 0 saturated heterocycles. The summed E-state index contributed by atoms with van der Waals surface area (Å²) in [6.07, 6.45) is 0. The van der Waals surface area contributed by atoms with Crippen molar-refractivity contribution in [2.75, 3.05) is 5.32 Å². The van der Waals surface area contributed by atoms with E-state index in [1.54, 1.807) is 0 Å². The summed E-state index contributed by atoms with van der Waals surface area (Å²) in [5, 5.41) is 3.11. The number of para-hydroxylation sites is 1. The first-order valence-corrected chi connectivity index (χ1v) is 8.00. The fourth-order valence-electron chi connectivity index (χ4n) is 1.51. The second kappa shape index (κ2) is 7.21. The molecule has 7 heteroatoms. The average Bonchev–Trinajstić information content (AvgIpc) is 2.42. The van der Waals surface area contributed by atoms with Crippen LogP contribution >= 0.6 is 47.8 Å². The summed E-state index contributed by atoms with van der Waals surface area (Å²) >= 11 is 10.4. The lowest BCUT2D eigenvalue weighted by Crippen LogP contribution is -2.36. The van der Waals surface area contributed by atoms with Gasteiger partial charge in [0.1, 0.15) is 0 Å². The Morgan fingerprint density at radius 3 is 2.15 bits per heavy atom. The summed E-state index contributed by atoms with van der Waals surface area (Å²) in [7, 11) is 0. The number of nitrogens with one attached hydrogen (secondary N) is 2. The average molecular weight is 463 g/mol. The molecule has 0 saturated carbocycles. The first-order valence-electron chi connectivity index (χ1n) is 5.62. The fourth-order valence-corrected chi connectivity index (χ4v) is 3.94. The van der Waals surface area contributed by atoms with E-state index in [1.165, 1.54) is 0 Å². The second-order valence-electron chi connectivity index (χ2n) is 3.81. The summed E-state index contributed by atoms with van der Waals surface area (Å²) in [4.78, 5) is 4.47. The van der Waals surface area contributed by atoms with Crippen molar-refractivity contribution in [3.8, 4) is 0 Å². The van der Waals surface area contributed by atoms with E-state index >= 15 is 0 Å². The van der Waals surface area contributed by atoms with Gasteiger partial charge in [-0.2, -0.15) is 0 Å². The number of halogens is 3. The largest absolute Gasteiger partial charge is 0.325 e. The number of anilines is 1. The molecule has 0 heterocycles.